The van der Waals surface area contributed by atoms with Crippen molar-refractivity contribution in [1.82, 2.24) is 0 Å². The van der Waals surface area contributed by atoms with E-state index in [2.05, 4.69) is 27.4 Å². The van der Waals surface area contributed by atoms with Gasteiger partial charge in [0.05, 0.1) is 0 Å². The first-order valence-corrected chi connectivity index (χ1v) is 4.89. The molecule has 1 rings (SSSR count). The highest BCUT2D eigenvalue weighted by molar-refractivity contribution is 5.81. The van der Waals surface area contributed by atoms with E-state index >= 15 is 0 Å². The Hall–Kier alpha value is -0.790. The molecule has 0 aliphatic heterocycles. The van der Waals surface area contributed by atoms with Gasteiger partial charge in [-0.15, -0.1) is 0 Å². The Morgan fingerprint density at radius 1 is 1.38 bits per heavy atom. The SMILES string of the molecule is C=CC(=O)OC1CC(C)C(C)C1C. The molecule has 1 aliphatic rings. The van der Waals surface area contributed by atoms with Crippen molar-refractivity contribution >= 4 is 5.97 Å². The van der Waals surface area contributed by atoms with Crippen LogP contribution in [0.1, 0.15) is 27.2 Å². The highest BCUT2D eigenvalue weighted by atomic mass is 16.5. The molecule has 1 fully saturated rings. The van der Waals surface area contributed by atoms with Gasteiger partial charge in [0.15, 0.2) is 0 Å². The van der Waals surface area contributed by atoms with Gasteiger partial charge in [-0.1, -0.05) is 27.4 Å². The lowest BCUT2D eigenvalue weighted by Crippen LogP contribution is -2.21. The summed E-state index contributed by atoms with van der Waals surface area (Å²) in [6.07, 6.45) is 2.32. The molecule has 4 unspecified atom stereocenters. The fourth-order valence-corrected chi connectivity index (χ4v) is 2.01. The topological polar surface area (TPSA) is 26.3 Å². The van der Waals surface area contributed by atoms with E-state index in [1.54, 1.807) is 0 Å². The number of carbonyl (C=O) groups excluding carboxylic acids is 1. The first-order valence-electron chi connectivity index (χ1n) is 4.89. The van der Waals surface area contributed by atoms with Crippen molar-refractivity contribution in [3.63, 3.8) is 0 Å². The molecule has 0 bridgehead atoms. The standard InChI is InChI=1S/C11H18O2/c1-5-11(12)13-10-6-7(2)8(3)9(10)4/h5,7-10H,1,6H2,2-4H3. The van der Waals surface area contributed by atoms with Gasteiger partial charge in [0, 0.05) is 6.08 Å². The van der Waals surface area contributed by atoms with Crippen LogP contribution >= 0.6 is 0 Å². The average molecular weight is 182 g/mol. The van der Waals surface area contributed by atoms with E-state index < -0.39 is 0 Å². The van der Waals surface area contributed by atoms with Gasteiger partial charge in [0.25, 0.3) is 0 Å². The Balaban J connectivity index is 2.53. The molecule has 74 valence electrons. The van der Waals surface area contributed by atoms with Crippen LogP contribution in [0.15, 0.2) is 12.7 Å². The number of hydrogen-bond donors (Lipinski definition) is 0. The van der Waals surface area contributed by atoms with Crippen LogP contribution in [-0.4, -0.2) is 12.1 Å². The van der Waals surface area contributed by atoms with Crippen LogP contribution in [-0.2, 0) is 9.53 Å². The molecular weight excluding hydrogens is 164 g/mol. The highest BCUT2D eigenvalue weighted by Gasteiger charge is 2.37. The zero-order valence-corrected chi connectivity index (χ0v) is 8.62. The van der Waals surface area contributed by atoms with Gasteiger partial charge in [0.1, 0.15) is 6.10 Å². The van der Waals surface area contributed by atoms with Gasteiger partial charge in [-0.25, -0.2) is 4.79 Å². The van der Waals surface area contributed by atoms with Crippen LogP contribution in [0.3, 0.4) is 0 Å². The number of hydrogen-bond acceptors (Lipinski definition) is 2. The molecule has 2 heteroatoms. The molecule has 1 saturated carbocycles. The molecule has 0 heterocycles. The van der Waals surface area contributed by atoms with Gasteiger partial charge >= 0.3 is 5.97 Å². The lowest BCUT2D eigenvalue weighted by molar-refractivity contribution is -0.144. The Labute approximate surface area is 80.0 Å². The van der Waals surface area contributed by atoms with E-state index in [0.29, 0.717) is 17.8 Å². The van der Waals surface area contributed by atoms with Crippen LogP contribution in [0, 0.1) is 17.8 Å². The number of rotatable bonds is 2. The smallest absolute Gasteiger partial charge is 0.330 e. The van der Waals surface area contributed by atoms with E-state index in [-0.39, 0.29) is 12.1 Å². The van der Waals surface area contributed by atoms with Crippen LogP contribution < -0.4 is 0 Å². The molecule has 4 atom stereocenters. The van der Waals surface area contributed by atoms with Crippen LogP contribution in [0.4, 0.5) is 0 Å². The maximum Gasteiger partial charge on any atom is 0.330 e. The second-order valence-corrected chi connectivity index (χ2v) is 4.11. The lowest BCUT2D eigenvalue weighted by atomic mass is 9.94. The van der Waals surface area contributed by atoms with E-state index in [1.165, 1.54) is 6.08 Å². The molecule has 0 aromatic rings. The Morgan fingerprint density at radius 3 is 2.38 bits per heavy atom. The third kappa shape index (κ3) is 2.11. The average Bonchev–Trinajstić information content (AvgIpc) is 2.34. The molecule has 0 amide bonds. The molecule has 13 heavy (non-hydrogen) atoms. The van der Waals surface area contributed by atoms with Crippen molar-refractivity contribution in [2.75, 3.05) is 0 Å². The third-order valence-corrected chi connectivity index (χ3v) is 3.35. The molecule has 0 radical (unpaired) electrons. The molecule has 0 saturated heterocycles. The number of carbonyl (C=O) groups is 1. The third-order valence-electron chi connectivity index (χ3n) is 3.35. The summed E-state index contributed by atoms with van der Waals surface area (Å²) in [5.74, 6) is 1.47. The normalized spacial score (nSPS) is 38.7. The van der Waals surface area contributed by atoms with Crippen molar-refractivity contribution < 1.29 is 9.53 Å². The summed E-state index contributed by atoms with van der Waals surface area (Å²) in [6.45, 7) is 9.97. The zero-order valence-electron chi connectivity index (χ0n) is 8.62. The predicted molar refractivity (Wildman–Crippen MR) is 52.2 cm³/mol. The molecule has 0 N–H and O–H groups in total. The first kappa shape index (κ1) is 10.3. The van der Waals surface area contributed by atoms with E-state index in [0.717, 1.165) is 6.42 Å². The molecular formula is C11H18O2. The van der Waals surface area contributed by atoms with E-state index in [9.17, 15) is 4.79 Å². The van der Waals surface area contributed by atoms with Gasteiger partial charge in [-0.05, 0) is 24.2 Å². The van der Waals surface area contributed by atoms with Gasteiger partial charge in [-0.3, -0.25) is 0 Å². The molecule has 1 aliphatic carbocycles. The molecule has 0 spiro atoms. The Kier molecular flexibility index (Phi) is 3.12. The van der Waals surface area contributed by atoms with Crippen LogP contribution in [0.25, 0.3) is 0 Å². The van der Waals surface area contributed by atoms with Crippen molar-refractivity contribution in [2.45, 2.75) is 33.3 Å². The first-order chi connectivity index (χ1) is 6.06. The molecule has 2 nitrogen and oxygen atoms in total. The summed E-state index contributed by atoms with van der Waals surface area (Å²) in [6, 6.07) is 0. The Morgan fingerprint density at radius 2 is 2.00 bits per heavy atom. The predicted octanol–water partition coefficient (Wildman–Crippen LogP) is 2.40. The van der Waals surface area contributed by atoms with Crippen molar-refractivity contribution in [1.29, 1.82) is 0 Å². The second-order valence-electron chi connectivity index (χ2n) is 4.11. The van der Waals surface area contributed by atoms with Crippen molar-refractivity contribution in [3.05, 3.63) is 12.7 Å². The minimum Gasteiger partial charge on any atom is -0.459 e. The van der Waals surface area contributed by atoms with Crippen LogP contribution in [0.5, 0.6) is 0 Å². The summed E-state index contributed by atoms with van der Waals surface area (Å²) >= 11 is 0. The fourth-order valence-electron chi connectivity index (χ4n) is 2.01. The fraction of sp³-hybridized carbons (Fsp3) is 0.727. The number of esters is 1. The van der Waals surface area contributed by atoms with E-state index in [1.807, 2.05) is 0 Å². The molecule has 0 aromatic heterocycles. The van der Waals surface area contributed by atoms with Crippen molar-refractivity contribution in [2.24, 2.45) is 17.8 Å². The summed E-state index contributed by atoms with van der Waals surface area (Å²) < 4.78 is 5.26. The summed E-state index contributed by atoms with van der Waals surface area (Å²) in [7, 11) is 0. The monoisotopic (exact) mass is 182 g/mol. The van der Waals surface area contributed by atoms with E-state index in [4.69, 9.17) is 4.74 Å². The largest absolute Gasteiger partial charge is 0.459 e. The maximum absolute atomic E-state index is 11.0. The summed E-state index contributed by atoms with van der Waals surface area (Å²) in [4.78, 5) is 11.0. The summed E-state index contributed by atoms with van der Waals surface area (Å²) in [5.41, 5.74) is 0. The highest BCUT2D eigenvalue weighted by Crippen LogP contribution is 2.38. The maximum atomic E-state index is 11.0. The zero-order chi connectivity index (χ0) is 10.0. The second kappa shape index (κ2) is 3.95. The van der Waals surface area contributed by atoms with Gasteiger partial charge in [0.2, 0.25) is 0 Å². The minimum atomic E-state index is -0.293. The summed E-state index contributed by atoms with van der Waals surface area (Å²) in [5, 5.41) is 0. The van der Waals surface area contributed by atoms with Gasteiger partial charge < -0.3 is 4.74 Å². The number of ether oxygens (including phenoxy) is 1. The minimum absolute atomic E-state index is 0.0931. The van der Waals surface area contributed by atoms with Gasteiger partial charge in [-0.2, -0.15) is 0 Å². The Bertz CT molecular complexity index is 210. The quantitative estimate of drug-likeness (QED) is 0.484. The molecule has 0 aromatic carbocycles. The lowest BCUT2D eigenvalue weighted by Gasteiger charge is -2.17. The van der Waals surface area contributed by atoms with Crippen LogP contribution in [0.2, 0.25) is 0 Å². The van der Waals surface area contributed by atoms with Crippen molar-refractivity contribution in [3.8, 4) is 0 Å².